The van der Waals surface area contributed by atoms with Gasteiger partial charge in [0.25, 0.3) is 5.69 Å². The van der Waals surface area contributed by atoms with E-state index in [1.807, 2.05) is 41.5 Å². The van der Waals surface area contributed by atoms with Gasteiger partial charge in [-0.3, -0.25) is 10.1 Å². The summed E-state index contributed by atoms with van der Waals surface area (Å²) < 4.78 is 12.9. The van der Waals surface area contributed by atoms with E-state index in [1.54, 1.807) is 18.5 Å². The molecule has 0 saturated carbocycles. The number of benzene rings is 2. The van der Waals surface area contributed by atoms with Crippen LogP contribution in [0, 0.1) is 10.1 Å². The molecule has 224 valence electrons. The molecule has 2 aliphatic rings. The summed E-state index contributed by atoms with van der Waals surface area (Å²) in [6.07, 6.45) is 1.70. The highest BCUT2D eigenvalue weighted by Crippen LogP contribution is 2.33. The fraction of sp³-hybridized carbons (Fsp3) is 0.379. The first-order chi connectivity index (χ1) is 20.8. The first kappa shape index (κ1) is 28.0. The third kappa shape index (κ3) is 5.67. The van der Waals surface area contributed by atoms with Crippen molar-refractivity contribution in [2.75, 3.05) is 36.6 Å². The molecule has 4 aromatic rings. The average Bonchev–Trinajstić information content (AvgIpc) is 3.64. The summed E-state index contributed by atoms with van der Waals surface area (Å²) in [6.45, 7) is 8.72. The number of nitrogens with zero attached hydrogens (tertiary/aromatic N) is 7. The third-order valence-corrected chi connectivity index (χ3v) is 7.68. The van der Waals surface area contributed by atoms with E-state index in [4.69, 9.17) is 19.4 Å². The summed E-state index contributed by atoms with van der Waals surface area (Å²) in [6, 6.07) is 12.1. The number of anilines is 2. The van der Waals surface area contributed by atoms with E-state index in [9.17, 15) is 14.9 Å². The van der Waals surface area contributed by atoms with Gasteiger partial charge in [0.2, 0.25) is 12.7 Å². The molecule has 2 unspecified atom stereocenters. The Bertz CT molecular complexity index is 1660. The first-order valence-corrected chi connectivity index (χ1v) is 14.2. The lowest BCUT2D eigenvalue weighted by atomic mass is 10.1. The van der Waals surface area contributed by atoms with Gasteiger partial charge < -0.3 is 34.5 Å². The highest BCUT2D eigenvalue weighted by molar-refractivity contribution is 5.84. The zero-order valence-electron chi connectivity index (χ0n) is 24.2. The first-order valence-electron chi connectivity index (χ1n) is 14.2. The molecule has 6 rings (SSSR count). The van der Waals surface area contributed by atoms with Crippen LogP contribution in [0.15, 0.2) is 48.8 Å². The van der Waals surface area contributed by atoms with Gasteiger partial charge in [0.15, 0.2) is 28.5 Å². The number of rotatable bonds is 8. The summed E-state index contributed by atoms with van der Waals surface area (Å²) >= 11 is 0. The fourth-order valence-corrected chi connectivity index (χ4v) is 5.40. The van der Waals surface area contributed by atoms with Crippen molar-refractivity contribution in [2.45, 2.75) is 45.9 Å². The number of piperazine rings is 1. The summed E-state index contributed by atoms with van der Waals surface area (Å²) in [7, 11) is 0. The molecule has 2 aromatic carbocycles. The predicted octanol–water partition coefficient (Wildman–Crippen LogP) is 3.75. The number of nitrogens with one attached hydrogen (secondary N) is 2. The Balaban J connectivity index is 1.33. The zero-order chi connectivity index (χ0) is 30.1. The minimum absolute atomic E-state index is 0.0359. The molecule has 1 saturated heterocycles. The Labute approximate surface area is 247 Å². The monoisotopic (exact) mass is 587 g/mol. The van der Waals surface area contributed by atoms with Crippen molar-refractivity contribution < 1.29 is 19.2 Å². The molecule has 2 aromatic heterocycles. The van der Waals surface area contributed by atoms with Gasteiger partial charge >= 0.3 is 6.03 Å². The average molecular weight is 588 g/mol. The summed E-state index contributed by atoms with van der Waals surface area (Å²) in [5.41, 5.74) is 3.13. The van der Waals surface area contributed by atoms with Gasteiger partial charge in [0.05, 0.1) is 17.8 Å². The number of fused-ring (bicyclic) bond motifs is 2. The minimum Gasteiger partial charge on any atom is -0.454 e. The molecule has 2 amide bonds. The molecule has 14 heteroatoms. The van der Waals surface area contributed by atoms with Crippen LogP contribution in [0.3, 0.4) is 0 Å². The van der Waals surface area contributed by atoms with Gasteiger partial charge in [-0.1, -0.05) is 18.2 Å². The number of carbonyl (C=O) groups is 1. The minimum atomic E-state index is -0.415. The molecule has 0 aliphatic carbocycles. The second-order valence-electron chi connectivity index (χ2n) is 10.7. The molecule has 0 spiro atoms. The Morgan fingerprint density at radius 2 is 1.81 bits per heavy atom. The van der Waals surface area contributed by atoms with E-state index >= 15 is 0 Å². The van der Waals surface area contributed by atoms with Gasteiger partial charge in [0.1, 0.15) is 0 Å². The summed E-state index contributed by atoms with van der Waals surface area (Å²) in [4.78, 5) is 41.9. The lowest BCUT2D eigenvalue weighted by Gasteiger charge is -2.44. The Hall–Kier alpha value is -5.14. The Morgan fingerprint density at radius 1 is 1.05 bits per heavy atom. The maximum absolute atomic E-state index is 12.6. The van der Waals surface area contributed by atoms with Crippen molar-refractivity contribution >= 4 is 34.6 Å². The number of hydrogen-bond acceptors (Lipinski definition) is 10. The zero-order valence-corrected chi connectivity index (χ0v) is 24.2. The molecule has 14 nitrogen and oxygen atoms in total. The third-order valence-electron chi connectivity index (χ3n) is 7.68. The molecule has 1 fully saturated rings. The van der Waals surface area contributed by atoms with E-state index in [2.05, 4.69) is 27.4 Å². The van der Waals surface area contributed by atoms with Gasteiger partial charge in [-0.05, 0) is 44.0 Å². The van der Waals surface area contributed by atoms with Crippen molar-refractivity contribution in [3.8, 4) is 11.5 Å². The van der Waals surface area contributed by atoms with Crippen LogP contribution in [0.2, 0.25) is 0 Å². The van der Waals surface area contributed by atoms with Crippen LogP contribution in [0.25, 0.3) is 11.2 Å². The van der Waals surface area contributed by atoms with Crippen molar-refractivity contribution in [3.63, 3.8) is 0 Å². The maximum Gasteiger partial charge on any atom is 0.317 e. The van der Waals surface area contributed by atoms with Crippen LogP contribution < -0.4 is 25.0 Å². The Kier molecular flexibility index (Phi) is 7.57. The number of non-ortho nitro benzene ring substituents is 1. The normalized spacial score (nSPS) is 17.7. The molecular formula is C29H33N9O5. The molecule has 0 radical (unpaired) electrons. The smallest absolute Gasteiger partial charge is 0.317 e. The highest BCUT2D eigenvalue weighted by atomic mass is 16.7. The van der Waals surface area contributed by atoms with E-state index in [0.29, 0.717) is 61.4 Å². The number of imidazole rings is 1. The number of carbonyl (C=O) groups excluding carboxylic acids is 1. The van der Waals surface area contributed by atoms with Crippen LogP contribution in [-0.4, -0.2) is 73.9 Å². The molecule has 2 N–H and O–H groups in total. The van der Waals surface area contributed by atoms with E-state index in [1.165, 1.54) is 12.1 Å². The Morgan fingerprint density at radius 3 is 2.58 bits per heavy atom. The van der Waals surface area contributed by atoms with Crippen LogP contribution in [-0.2, 0) is 13.1 Å². The highest BCUT2D eigenvalue weighted by Gasteiger charge is 2.34. The molecule has 43 heavy (non-hydrogen) atoms. The molecular weight excluding hydrogens is 554 g/mol. The van der Waals surface area contributed by atoms with E-state index in [-0.39, 0.29) is 30.6 Å². The number of hydrogen-bond donors (Lipinski definition) is 2. The summed E-state index contributed by atoms with van der Waals surface area (Å²) in [5, 5.41) is 17.5. The van der Waals surface area contributed by atoms with Gasteiger partial charge in [-0.25, -0.2) is 9.78 Å². The van der Waals surface area contributed by atoms with Crippen LogP contribution in [0.1, 0.15) is 31.9 Å². The fourth-order valence-electron chi connectivity index (χ4n) is 5.40. The van der Waals surface area contributed by atoms with Gasteiger partial charge in [-0.2, -0.15) is 9.97 Å². The van der Waals surface area contributed by atoms with Crippen molar-refractivity contribution in [2.24, 2.45) is 0 Å². The van der Waals surface area contributed by atoms with Gasteiger partial charge in [-0.15, -0.1) is 0 Å². The lowest BCUT2D eigenvalue weighted by Crippen LogP contribution is -2.60. The molecule has 4 heterocycles. The van der Waals surface area contributed by atoms with Crippen LogP contribution in [0.5, 0.6) is 11.5 Å². The largest absolute Gasteiger partial charge is 0.454 e. The number of nitro benzene ring substituents is 1. The van der Waals surface area contributed by atoms with E-state index < -0.39 is 4.92 Å². The number of urea groups is 1. The second kappa shape index (κ2) is 11.6. The molecule has 2 atom stereocenters. The topological polar surface area (TPSA) is 153 Å². The predicted molar refractivity (Wildman–Crippen MR) is 159 cm³/mol. The van der Waals surface area contributed by atoms with Crippen LogP contribution >= 0.6 is 0 Å². The van der Waals surface area contributed by atoms with Crippen LogP contribution in [0.4, 0.5) is 22.2 Å². The van der Waals surface area contributed by atoms with Gasteiger partial charge in [0, 0.05) is 50.4 Å². The van der Waals surface area contributed by atoms with Crippen molar-refractivity contribution in [3.05, 3.63) is 70.0 Å². The summed E-state index contributed by atoms with van der Waals surface area (Å²) in [5.74, 6) is 2.52. The number of aromatic nitrogens is 4. The number of nitro groups is 1. The number of amides is 2. The molecule has 2 aliphatic heterocycles. The van der Waals surface area contributed by atoms with Crippen molar-refractivity contribution in [1.29, 1.82) is 0 Å². The second-order valence-corrected chi connectivity index (χ2v) is 10.7. The molecule has 0 bridgehead atoms. The quantitative estimate of drug-likeness (QED) is 0.230. The standard InChI is InChI=1S/C29H33N9O5/c1-4-30-29(39)37-14-18(2)36(13-19(37)3)28-33-26(31-12-21-7-10-23-24(11-21)43-17-42-23)25-27(34-28)35(16-32-25)15-20-5-8-22(9-6-20)38(40)41/h5-11,16,18-19H,4,12-15,17H2,1-3H3,(H,30,39)(H,31,33,34). The van der Waals surface area contributed by atoms with Crippen molar-refractivity contribution in [1.82, 2.24) is 29.7 Å². The lowest BCUT2D eigenvalue weighted by molar-refractivity contribution is -0.384. The van der Waals surface area contributed by atoms with E-state index in [0.717, 1.165) is 16.9 Å². The number of ether oxygens (including phenoxy) is 2. The maximum atomic E-state index is 12.6. The SMILES string of the molecule is CCNC(=O)N1CC(C)N(c2nc(NCc3ccc4c(c3)OCO4)c3ncn(Cc4ccc([N+](=O)[O-])cc4)c3n2)CC1C.